The molecule has 1 atom stereocenters. The zero-order valence-corrected chi connectivity index (χ0v) is 14.5. The second kappa shape index (κ2) is 6.19. The highest BCUT2D eigenvalue weighted by Crippen LogP contribution is 2.48. The molecule has 1 unspecified atom stereocenters. The number of benzene rings is 1. The van der Waals surface area contributed by atoms with E-state index in [1.54, 1.807) is 7.11 Å². The summed E-state index contributed by atoms with van der Waals surface area (Å²) in [7, 11) is 1.59. The van der Waals surface area contributed by atoms with Crippen molar-refractivity contribution in [3.05, 3.63) is 16.7 Å². The average molecular weight is 306 g/mol. The zero-order valence-electron chi connectivity index (χ0n) is 14.5. The van der Waals surface area contributed by atoms with Gasteiger partial charge in [0.1, 0.15) is 11.4 Å². The molecule has 1 aromatic carbocycles. The standard InChI is InChI=1S/C18H26O4/c1-7-9-18(5)10-8-14-11(2)17(21-13(4)19)16(20-6)12(3)15(14)22-18/h7-10H2,1-6H3. The van der Waals surface area contributed by atoms with Crippen LogP contribution in [0, 0.1) is 13.8 Å². The van der Waals surface area contributed by atoms with Crippen molar-refractivity contribution < 1.29 is 19.0 Å². The molecule has 4 heteroatoms. The molecular formula is C18H26O4. The fraction of sp³-hybridized carbons (Fsp3) is 0.611. The Hall–Kier alpha value is -1.71. The molecule has 1 aromatic rings. The van der Waals surface area contributed by atoms with E-state index in [2.05, 4.69) is 13.8 Å². The van der Waals surface area contributed by atoms with Crippen LogP contribution in [0.2, 0.25) is 0 Å². The van der Waals surface area contributed by atoms with Gasteiger partial charge in [0.15, 0.2) is 11.5 Å². The first-order chi connectivity index (χ1) is 10.3. The van der Waals surface area contributed by atoms with Gasteiger partial charge in [-0.2, -0.15) is 0 Å². The smallest absolute Gasteiger partial charge is 0.308 e. The molecule has 122 valence electrons. The lowest BCUT2D eigenvalue weighted by Crippen LogP contribution is -2.36. The number of carbonyl (C=O) groups excluding carboxylic acids is 1. The van der Waals surface area contributed by atoms with Gasteiger partial charge >= 0.3 is 5.97 Å². The van der Waals surface area contributed by atoms with Gasteiger partial charge in [0, 0.05) is 23.6 Å². The Bertz CT molecular complexity index is 591. The molecule has 0 radical (unpaired) electrons. The van der Waals surface area contributed by atoms with Crippen molar-refractivity contribution in [2.24, 2.45) is 0 Å². The Morgan fingerprint density at radius 3 is 2.50 bits per heavy atom. The normalized spacial score (nSPS) is 20.1. The Balaban J connectivity index is 2.56. The van der Waals surface area contributed by atoms with E-state index in [1.807, 2.05) is 13.8 Å². The van der Waals surface area contributed by atoms with Crippen molar-refractivity contribution in [1.29, 1.82) is 0 Å². The first-order valence-corrected chi connectivity index (χ1v) is 7.90. The van der Waals surface area contributed by atoms with Crippen LogP contribution in [0.5, 0.6) is 17.2 Å². The van der Waals surface area contributed by atoms with Gasteiger partial charge in [-0.25, -0.2) is 0 Å². The number of hydrogen-bond donors (Lipinski definition) is 0. The van der Waals surface area contributed by atoms with Gasteiger partial charge < -0.3 is 14.2 Å². The molecule has 1 heterocycles. The van der Waals surface area contributed by atoms with Crippen LogP contribution in [0.15, 0.2) is 0 Å². The first-order valence-electron chi connectivity index (χ1n) is 7.90. The van der Waals surface area contributed by atoms with E-state index in [0.717, 1.165) is 48.1 Å². The Morgan fingerprint density at radius 1 is 1.27 bits per heavy atom. The van der Waals surface area contributed by atoms with Crippen LogP contribution < -0.4 is 14.2 Å². The number of methoxy groups -OCH3 is 1. The molecule has 0 spiro atoms. The number of fused-ring (bicyclic) bond motifs is 1. The van der Waals surface area contributed by atoms with Gasteiger partial charge in [-0.15, -0.1) is 0 Å². The van der Waals surface area contributed by atoms with Crippen LogP contribution in [0.4, 0.5) is 0 Å². The molecule has 0 N–H and O–H groups in total. The van der Waals surface area contributed by atoms with Crippen LogP contribution in [-0.4, -0.2) is 18.7 Å². The quantitative estimate of drug-likeness (QED) is 0.620. The van der Waals surface area contributed by atoms with E-state index >= 15 is 0 Å². The van der Waals surface area contributed by atoms with Crippen molar-refractivity contribution in [1.82, 2.24) is 0 Å². The fourth-order valence-corrected chi connectivity index (χ4v) is 3.32. The van der Waals surface area contributed by atoms with Crippen molar-refractivity contribution in [3.63, 3.8) is 0 Å². The Labute approximate surface area is 132 Å². The second-order valence-electron chi connectivity index (χ2n) is 6.32. The molecule has 4 nitrogen and oxygen atoms in total. The summed E-state index contributed by atoms with van der Waals surface area (Å²) in [5.74, 6) is 1.67. The van der Waals surface area contributed by atoms with Gasteiger partial charge in [-0.05, 0) is 40.0 Å². The van der Waals surface area contributed by atoms with Crippen LogP contribution in [0.1, 0.15) is 56.7 Å². The molecule has 0 aromatic heterocycles. The van der Waals surface area contributed by atoms with Gasteiger partial charge in [0.2, 0.25) is 0 Å². The summed E-state index contributed by atoms with van der Waals surface area (Å²) < 4.78 is 17.2. The molecule has 1 aliphatic rings. The lowest BCUT2D eigenvalue weighted by molar-refractivity contribution is -0.132. The number of esters is 1. The third-order valence-electron chi connectivity index (χ3n) is 4.44. The number of rotatable bonds is 4. The van der Waals surface area contributed by atoms with E-state index in [0.29, 0.717) is 11.5 Å². The highest BCUT2D eigenvalue weighted by atomic mass is 16.6. The Morgan fingerprint density at radius 2 is 1.95 bits per heavy atom. The number of hydrogen-bond acceptors (Lipinski definition) is 4. The molecule has 0 fully saturated rings. The molecular weight excluding hydrogens is 280 g/mol. The second-order valence-corrected chi connectivity index (χ2v) is 6.32. The van der Waals surface area contributed by atoms with Crippen molar-refractivity contribution in [2.45, 2.75) is 65.9 Å². The molecule has 0 aliphatic carbocycles. The maximum atomic E-state index is 11.4. The summed E-state index contributed by atoms with van der Waals surface area (Å²) in [6.45, 7) is 9.67. The van der Waals surface area contributed by atoms with Crippen LogP contribution >= 0.6 is 0 Å². The highest BCUT2D eigenvalue weighted by molar-refractivity contribution is 5.73. The van der Waals surface area contributed by atoms with Crippen molar-refractivity contribution >= 4 is 5.97 Å². The predicted octanol–water partition coefficient (Wildman–Crippen LogP) is 4.12. The van der Waals surface area contributed by atoms with Crippen LogP contribution in [0.3, 0.4) is 0 Å². The minimum absolute atomic E-state index is 0.132. The molecule has 0 bridgehead atoms. The summed E-state index contributed by atoms with van der Waals surface area (Å²) >= 11 is 0. The number of carbonyl (C=O) groups is 1. The maximum Gasteiger partial charge on any atom is 0.308 e. The minimum atomic E-state index is -0.340. The topological polar surface area (TPSA) is 44.8 Å². The Kier molecular flexibility index (Phi) is 4.69. The van der Waals surface area contributed by atoms with E-state index in [9.17, 15) is 4.79 Å². The minimum Gasteiger partial charge on any atom is -0.492 e. The summed E-state index contributed by atoms with van der Waals surface area (Å²) in [6, 6.07) is 0. The zero-order chi connectivity index (χ0) is 16.5. The lowest BCUT2D eigenvalue weighted by Gasteiger charge is -2.38. The van der Waals surface area contributed by atoms with E-state index < -0.39 is 0 Å². The molecule has 22 heavy (non-hydrogen) atoms. The van der Waals surface area contributed by atoms with E-state index in [1.165, 1.54) is 6.92 Å². The first kappa shape index (κ1) is 16.7. The summed E-state index contributed by atoms with van der Waals surface area (Å²) in [5, 5.41) is 0. The average Bonchev–Trinajstić information content (AvgIpc) is 2.44. The van der Waals surface area contributed by atoms with Gasteiger partial charge in [-0.3, -0.25) is 4.79 Å². The maximum absolute atomic E-state index is 11.4. The third kappa shape index (κ3) is 2.92. The van der Waals surface area contributed by atoms with E-state index in [4.69, 9.17) is 14.2 Å². The SMILES string of the molecule is CCCC1(C)CCc2c(C)c(OC(C)=O)c(OC)c(C)c2O1. The van der Waals surface area contributed by atoms with Crippen LogP contribution in [0.25, 0.3) is 0 Å². The summed E-state index contributed by atoms with van der Waals surface area (Å²) in [6.07, 6.45) is 4.02. The fourth-order valence-electron chi connectivity index (χ4n) is 3.32. The molecule has 0 saturated carbocycles. The van der Waals surface area contributed by atoms with Gasteiger partial charge in [0.25, 0.3) is 0 Å². The lowest BCUT2D eigenvalue weighted by atomic mass is 9.86. The third-order valence-corrected chi connectivity index (χ3v) is 4.44. The van der Waals surface area contributed by atoms with Gasteiger partial charge in [0.05, 0.1) is 7.11 Å². The monoisotopic (exact) mass is 306 g/mol. The largest absolute Gasteiger partial charge is 0.492 e. The molecule has 0 amide bonds. The van der Waals surface area contributed by atoms with Crippen LogP contribution in [-0.2, 0) is 11.2 Å². The molecule has 2 rings (SSSR count). The predicted molar refractivity (Wildman–Crippen MR) is 86.0 cm³/mol. The number of ether oxygens (including phenoxy) is 3. The highest BCUT2D eigenvalue weighted by Gasteiger charge is 2.35. The summed E-state index contributed by atoms with van der Waals surface area (Å²) in [4.78, 5) is 11.4. The van der Waals surface area contributed by atoms with Crippen molar-refractivity contribution in [2.75, 3.05) is 7.11 Å². The van der Waals surface area contributed by atoms with E-state index in [-0.39, 0.29) is 11.6 Å². The van der Waals surface area contributed by atoms with Gasteiger partial charge in [-0.1, -0.05) is 13.3 Å². The summed E-state index contributed by atoms with van der Waals surface area (Å²) in [5.41, 5.74) is 2.84. The molecule has 0 saturated heterocycles. The molecule has 1 aliphatic heterocycles. The van der Waals surface area contributed by atoms with Crippen molar-refractivity contribution in [3.8, 4) is 17.2 Å².